The molecule has 3 nitrogen and oxygen atoms in total. The van der Waals surface area contributed by atoms with Crippen LogP contribution in [0.3, 0.4) is 0 Å². The minimum Gasteiger partial charge on any atom is -0.258 e. The Hall–Kier alpha value is -0.610. The van der Waals surface area contributed by atoms with Gasteiger partial charge in [-0.1, -0.05) is 18.5 Å². The van der Waals surface area contributed by atoms with Crippen LogP contribution in [-0.2, 0) is 16.3 Å². The number of halogens is 1. The summed E-state index contributed by atoms with van der Waals surface area (Å²) in [6, 6.07) is 1.43. The smallest absolute Gasteiger partial charge is 0.177 e. The third-order valence-corrected chi connectivity index (χ3v) is 3.06. The maximum absolute atomic E-state index is 11.1. The summed E-state index contributed by atoms with van der Waals surface area (Å²) in [6.45, 7) is 1.91. The summed E-state index contributed by atoms with van der Waals surface area (Å²) >= 11 is 5.81. The number of hydrogen-bond acceptors (Lipinski definition) is 3. The number of pyridine rings is 1. The van der Waals surface area contributed by atoms with E-state index in [1.54, 1.807) is 0 Å². The van der Waals surface area contributed by atoms with Crippen LogP contribution in [0.2, 0.25) is 5.02 Å². The highest BCUT2D eigenvalue weighted by atomic mass is 35.5. The molecular weight excluding hydrogens is 210 g/mol. The van der Waals surface area contributed by atoms with E-state index in [1.165, 1.54) is 12.3 Å². The fourth-order valence-electron chi connectivity index (χ4n) is 0.912. The first-order valence-electron chi connectivity index (χ1n) is 3.79. The number of nitrogens with zero attached hydrogens (tertiary/aromatic N) is 1. The lowest BCUT2D eigenvalue weighted by molar-refractivity contribution is 0.601. The van der Waals surface area contributed by atoms with Crippen molar-refractivity contribution in [2.45, 2.75) is 18.2 Å². The quantitative estimate of drug-likeness (QED) is 0.761. The number of sulfone groups is 1. The molecule has 0 saturated heterocycles. The Balaban J connectivity index is 3.26. The van der Waals surface area contributed by atoms with E-state index in [2.05, 4.69) is 4.98 Å². The van der Waals surface area contributed by atoms with Crippen LogP contribution < -0.4 is 0 Å². The highest BCUT2D eigenvalue weighted by Crippen LogP contribution is 2.18. The second-order valence-electron chi connectivity index (χ2n) is 2.73. The van der Waals surface area contributed by atoms with Crippen LogP contribution in [-0.4, -0.2) is 19.7 Å². The second-order valence-corrected chi connectivity index (χ2v) is 5.15. The molecule has 1 heterocycles. The summed E-state index contributed by atoms with van der Waals surface area (Å²) in [5.41, 5.74) is 0.717. The zero-order valence-electron chi connectivity index (χ0n) is 7.41. The Morgan fingerprint density at radius 3 is 2.54 bits per heavy atom. The van der Waals surface area contributed by atoms with Crippen molar-refractivity contribution in [1.29, 1.82) is 0 Å². The van der Waals surface area contributed by atoms with Gasteiger partial charge in [0.25, 0.3) is 0 Å². The van der Waals surface area contributed by atoms with E-state index in [1.807, 2.05) is 6.92 Å². The molecule has 1 rings (SSSR count). The van der Waals surface area contributed by atoms with Gasteiger partial charge in [0.1, 0.15) is 0 Å². The molecule has 72 valence electrons. The molecule has 0 aromatic carbocycles. The molecule has 0 spiro atoms. The minimum absolute atomic E-state index is 0.162. The number of hydrogen-bond donors (Lipinski definition) is 0. The Kier molecular flexibility index (Phi) is 2.93. The van der Waals surface area contributed by atoms with E-state index in [0.717, 1.165) is 6.26 Å². The zero-order chi connectivity index (χ0) is 10.1. The van der Waals surface area contributed by atoms with Gasteiger partial charge in [-0.25, -0.2) is 8.42 Å². The average Bonchev–Trinajstić information content (AvgIpc) is 2.02. The fourth-order valence-corrected chi connectivity index (χ4v) is 1.85. The van der Waals surface area contributed by atoms with Crippen molar-refractivity contribution < 1.29 is 8.42 Å². The maximum atomic E-state index is 11.1. The first-order chi connectivity index (χ1) is 5.95. The second kappa shape index (κ2) is 3.64. The lowest BCUT2D eigenvalue weighted by Gasteiger charge is -2.02. The van der Waals surface area contributed by atoms with Crippen LogP contribution >= 0.6 is 11.6 Å². The highest BCUT2D eigenvalue weighted by Gasteiger charge is 2.09. The highest BCUT2D eigenvalue weighted by molar-refractivity contribution is 7.90. The van der Waals surface area contributed by atoms with Crippen molar-refractivity contribution in [1.82, 2.24) is 4.98 Å². The van der Waals surface area contributed by atoms with E-state index >= 15 is 0 Å². The van der Waals surface area contributed by atoms with E-state index in [-0.39, 0.29) is 4.90 Å². The van der Waals surface area contributed by atoms with Crippen molar-refractivity contribution in [3.63, 3.8) is 0 Å². The topological polar surface area (TPSA) is 47.0 Å². The zero-order valence-corrected chi connectivity index (χ0v) is 8.98. The molecule has 0 bridgehead atoms. The standard InChI is InChI=1S/C8H10ClNO2S/c1-3-8-7(9)4-6(5-10-8)13(2,11)12/h4-5H,3H2,1-2H3. The van der Waals surface area contributed by atoms with Gasteiger partial charge in [0, 0.05) is 12.5 Å². The summed E-state index contributed by atoms with van der Waals surface area (Å²) < 4.78 is 22.2. The molecule has 0 fully saturated rings. The van der Waals surface area contributed by atoms with Crippen molar-refractivity contribution >= 4 is 21.4 Å². The van der Waals surface area contributed by atoms with Gasteiger partial charge in [0.05, 0.1) is 15.6 Å². The third kappa shape index (κ3) is 2.42. The Labute approximate surface area is 82.7 Å². The van der Waals surface area contributed by atoms with Crippen LogP contribution in [0, 0.1) is 0 Å². The summed E-state index contributed by atoms with van der Waals surface area (Å²) in [5, 5.41) is 0.408. The average molecular weight is 220 g/mol. The Morgan fingerprint density at radius 2 is 2.15 bits per heavy atom. The predicted molar refractivity (Wildman–Crippen MR) is 51.7 cm³/mol. The lowest BCUT2D eigenvalue weighted by Crippen LogP contribution is -1.99. The largest absolute Gasteiger partial charge is 0.258 e. The van der Waals surface area contributed by atoms with Gasteiger partial charge >= 0.3 is 0 Å². The molecule has 0 aliphatic carbocycles. The fraction of sp³-hybridized carbons (Fsp3) is 0.375. The monoisotopic (exact) mass is 219 g/mol. The summed E-state index contributed by atoms with van der Waals surface area (Å²) in [4.78, 5) is 4.11. The van der Waals surface area contributed by atoms with Crippen LogP contribution in [0.4, 0.5) is 0 Å². The van der Waals surface area contributed by atoms with Crippen LogP contribution in [0.25, 0.3) is 0 Å². The Morgan fingerprint density at radius 1 is 1.54 bits per heavy atom. The molecular formula is C8H10ClNO2S. The van der Waals surface area contributed by atoms with Crippen molar-refractivity contribution in [2.75, 3.05) is 6.26 Å². The SMILES string of the molecule is CCc1ncc(S(C)(=O)=O)cc1Cl. The van der Waals surface area contributed by atoms with Crippen molar-refractivity contribution in [2.24, 2.45) is 0 Å². The molecule has 0 aliphatic rings. The molecule has 5 heteroatoms. The molecule has 13 heavy (non-hydrogen) atoms. The normalized spacial score (nSPS) is 11.6. The Bertz CT molecular complexity index is 414. The first-order valence-corrected chi connectivity index (χ1v) is 6.06. The van der Waals surface area contributed by atoms with Crippen LogP contribution in [0.1, 0.15) is 12.6 Å². The van der Waals surface area contributed by atoms with E-state index in [0.29, 0.717) is 17.1 Å². The molecule has 0 atom stereocenters. The van der Waals surface area contributed by atoms with Gasteiger partial charge in [-0.3, -0.25) is 4.98 Å². The molecule has 0 unspecified atom stereocenters. The van der Waals surface area contributed by atoms with Crippen LogP contribution in [0.15, 0.2) is 17.2 Å². The van der Waals surface area contributed by atoms with Crippen molar-refractivity contribution in [3.8, 4) is 0 Å². The molecule has 0 amide bonds. The van der Waals surface area contributed by atoms with Gasteiger partial charge in [0.15, 0.2) is 9.84 Å². The maximum Gasteiger partial charge on any atom is 0.177 e. The molecule has 0 aliphatic heterocycles. The summed E-state index contributed by atoms with van der Waals surface area (Å²) in [6.07, 6.45) is 3.16. The molecule has 1 aromatic rings. The van der Waals surface area contributed by atoms with Gasteiger partial charge < -0.3 is 0 Å². The van der Waals surface area contributed by atoms with Gasteiger partial charge in [-0.2, -0.15) is 0 Å². The first kappa shape index (κ1) is 10.5. The van der Waals surface area contributed by atoms with Gasteiger partial charge in [0.2, 0.25) is 0 Å². The van der Waals surface area contributed by atoms with Gasteiger partial charge in [-0.15, -0.1) is 0 Å². The van der Waals surface area contributed by atoms with E-state index < -0.39 is 9.84 Å². The van der Waals surface area contributed by atoms with E-state index in [4.69, 9.17) is 11.6 Å². The third-order valence-electron chi connectivity index (χ3n) is 1.66. The number of rotatable bonds is 2. The molecule has 0 saturated carbocycles. The molecule has 1 aromatic heterocycles. The van der Waals surface area contributed by atoms with Crippen LogP contribution in [0.5, 0.6) is 0 Å². The minimum atomic E-state index is -3.20. The predicted octanol–water partition coefficient (Wildman–Crippen LogP) is 1.70. The lowest BCUT2D eigenvalue weighted by atomic mass is 10.3. The number of aryl methyl sites for hydroxylation is 1. The van der Waals surface area contributed by atoms with Crippen molar-refractivity contribution in [3.05, 3.63) is 23.0 Å². The molecule has 0 N–H and O–H groups in total. The van der Waals surface area contributed by atoms with E-state index in [9.17, 15) is 8.42 Å². The van der Waals surface area contributed by atoms with Gasteiger partial charge in [-0.05, 0) is 12.5 Å². The number of aromatic nitrogens is 1. The summed E-state index contributed by atoms with van der Waals surface area (Å²) in [5.74, 6) is 0. The molecule has 0 radical (unpaired) electrons. The summed E-state index contributed by atoms with van der Waals surface area (Å²) in [7, 11) is -3.20.